The first kappa shape index (κ1) is 67.6. The second kappa shape index (κ2) is 52.1. The van der Waals surface area contributed by atoms with E-state index in [1.165, 1.54) is 111 Å². The van der Waals surface area contributed by atoms with E-state index in [0.29, 0.717) is 18.6 Å². The Labute approximate surface area is 451 Å². The van der Waals surface area contributed by atoms with Crippen LogP contribution in [0.3, 0.4) is 0 Å². The maximum atomic E-state index is 12.9. The molecule has 0 aliphatic carbocycles. The fourth-order valence-corrected chi connectivity index (χ4v) is 9.97. The summed E-state index contributed by atoms with van der Waals surface area (Å²) in [4.78, 5) is 44.0. The molecule has 1 aromatic heterocycles. The van der Waals surface area contributed by atoms with Crippen LogP contribution in [-0.4, -0.2) is 65.9 Å². The van der Waals surface area contributed by atoms with E-state index >= 15 is 0 Å². The predicted molar refractivity (Wildman–Crippen MR) is 301 cm³/mol. The van der Waals surface area contributed by atoms with Crippen LogP contribution in [0.2, 0.25) is 0 Å². The molecular formula is C59H92N2O9PS2-. The largest absolute Gasteiger partial charge is 0.862 e. The van der Waals surface area contributed by atoms with Gasteiger partial charge in [0, 0.05) is 50.5 Å². The van der Waals surface area contributed by atoms with Crippen molar-refractivity contribution in [3.63, 3.8) is 0 Å². The minimum atomic E-state index is -4.61. The van der Waals surface area contributed by atoms with Crippen LogP contribution in [0.25, 0.3) is 0 Å². The molecule has 0 saturated carbocycles. The van der Waals surface area contributed by atoms with Crippen LogP contribution in [0.5, 0.6) is 0 Å². The summed E-state index contributed by atoms with van der Waals surface area (Å²) < 4.78 is 33.9. The number of aromatic nitrogens is 1. The molecule has 0 aliphatic heterocycles. The van der Waals surface area contributed by atoms with Gasteiger partial charge in [-0.2, -0.15) is 0 Å². The smallest absolute Gasteiger partial charge is 0.472 e. The van der Waals surface area contributed by atoms with Gasteiger partial charge in [-0.05, 0) is 97.5 Å². The highest BCUT2D eigenvalue weighted by Gasteiger charge is 2.26. The third-order valence-electron chi connectivity index (χ3n) is 11.6. The predicted octanol–water partition coefficient (Wildman–Crippen LogP) is 14.9. The van der Waals surface area contributed by atoms with Crippen LogP contribution in [0.4, 0.5) is 0 Å². The van der Waals surface area contributed by atoms with Gasteiger partial charge in [0.1, 0.15) is 11.6 Å². The highest BCUT2D eigenvalue weighted by Crippen LogP contribution is 2.43. The summed E-state index contributed by atoms with van der Waals surface area (Å²) in [5.41, 5.74) is 0. The van der Waals surface area contributed by atoms with Gasteiger partial charge in [-0.25, -0.2) is 9.55 Å². The van der Waals surface area contributed by atoms with Gasteiger partial charge in [-0.3, -0.25) is 18.6 Å². The fourth-order valence-electron chi connectivity index (χ4n) is 7.37. The first-order chi connectivity index (χ1) is 35.8. The van der Waals surface area contributed by atoms with Crippen molar-refractivity contribution in [2.75, 3.05) is 32.1 Å². The van der Waals surface area contributed by atoms with E-state index in [1.54, 1.807) is 6.20 Å². The molecule has 2 atom stereocenters. The number of rotatable bonds is 47. The third-order valence-corrected chi connectivity index (χ3v) is 14.9. The van der Waals surface area contributed by atoms with Crippen molar-refractivity contribution in [1.29, 1.82) is 0 Å². The number of esters is 2. The molecule has 1 rings (SSSR count). The fraction of sp³-hybridized carbons (Fsp3) is 0.729. The zero-order valence-corrected chi connectivity index (χ0v) is 47.6. The number of hydrogen-bond acceptors (Lipinski definition) is 12. The van der Waals surface area contributed by atoms with Gasteiger partial charge in [-0.1, -0.05) is 196 Å². The van der Waals surface area contributed by atoms with Crippen LogP contribution < -0.4 is 5.11 Å². The minimum absolute atomic E-state index is 0.132. The van der Waals surface area contributed by atoms with E-state index in [1.807, 2.05) is 18.2 Å². The molecule has 14 heteroatoms. The van der Waals surface area contributed by atoms with Crippen LogP contribution >= 0.6 is 29.4 Å². The normalized spacial score (nSPS) is 12.2. The van der Waals surface area contributed by atoms with Crippen LogP contribution in [0, 0.1) is 47.4 Å². The van der Waals surface area contributed by atoms with Crippen molar-refractivity contribution >= 4 is 47.2 Å². The van der Waals surface area contributed by atoms with E-state index in [9.17, 15) is 24.2 Å². The Morgan fingerprint density at radius 3 is 1.53 bits per heavy atom. The number of carbonyl (C=O) groups is 2. The summed E-state index contributed by atoms with van der Waals surface area (Å²) in [5, 5.41) is 13.0. The van der Waals surface area contributed by atoms with Crippen LogP contribution in [0.1, 0.15) is 239 Å². The average molecular weight is 1070 g/mol. The first-order valence-electron chi connectivity index (χ1n) is 28.0. The number of phosphoric acid groups is 1. The monoisotopic (exact) mass is 1070 g/mol. The van der Waals surface area contributed by atoms with E-state index < -0.39 is 32.5 Å². The third kappa shape index (κ3) is 49.3. The summed E-state index contributed by atoms with van der Waals surface area (Å²) >= 11 is 0. The number of phosphoric ester groups is 1. The van der Waals surface area contributed by atoms with Gasteiger partial charge in [0.15, 0.2) is 6.10 Å². The second-order valence-electron chi connectivity index (χ2n) is 18.4. The van der Waals surface area contributed by atoms with Gasteiger partial charge in [-0.15, -0.1) is 0 Å². The second-order valence-corrected chi connectivity index (χ2v) is 22.3. The van der Waals surface area contributed by atoms with Gasteiger partial charge < -0.3 is 24.5 Å². The highest BCUT2D eigenvalue weighted by molar-refractivity contribution is 8.76. The molecule has 0 bridgehead atoms. The van der Waals surface area contributed by atoms with Crippen molar-refractivity contribution in [3.05, 3.63) is 24.4 Å². The first-order valence-corrected chi connectivity index (χ1v) is 31.9. The van der Waals surface area contributed by atoms with Gasteiger partial charge >= 0.3 is 19.8 Å². The Balaban J connectivity index is 2.39. The number of carbonyl (C=O) groups excluding carboxylic acids is 2. The molecule has 0 spiro atoms. The van der Waals surface area contributed by atoms with E-state index in [0.717, 1.165) is 108 Å². The summed E-state index contributed by atoms with van der Waals surface area (Å²) in [6.45, 7) is 3.17. The summed E-state index contributed by atoms with van der Waals surface area (Å²) in [6.07, 6.45) is 36.7. The Bertz CT molecular complexity index is 1860. The topological polar surface area (TPSA) is 157 Å². The summed E-state index contributed by atoms with van der Waals surface area (Å²) in [7, 11) is -1.67. The van der Waals surface area contributed by atoms with E-state index in [-0.39, 0.29) is 44.9 Å². The molecular weight excluding hydrogens is 976 g/mol. The molecule has 73 heavy (non-hydrogen) atoms. The van der Waals surface area contributed by atoms with Crippen molar-refractivity contribution in [3.8, 4) is 47.4 Å². The number of ether oxygens (including phenoxy) is 2. The Morgan fingerprint density at radius 1 is 0.616 bits per heavy atom. The maximum absolute atomic E-state index is 12.9. The van der Waals surface area contributed by atoms with Crippen molar-refractivity contribution in [2.45, 2.75) is 250 Å². The number of pyridine rings is 1. The number of unbranched alkanes of at least 4 members (excludes halogenated alkanes) is 28. The molecule has 0 aliphatic rings. The zero-order chi connectivity index (χ0) is 52.8. The van der Waals surface area contributed by atoms with E-state index in [2.05, 4.69) is 71.2 Å². The molecule has 0 saturated heterocycles. The number of nitrogens with zero attached hydrogens (tertiary/aromatic N) is 2. The van der Waals surface area contributed by atoms with Crippen molar-refractivity contribution < 1.29 is 42.7 Å². The van der Waals surface area contributed by atoms with Gasteiger partial charge in [0.05, 0.1) is 19.8 Å². The number of aliphatic imine (C=N–C) groups is 1. The Kier molecular flexibility index (Phi) is 48.2. The molecule has 1 unspecified atom stereocenters. The minimum Gasteiger partial charge on any atom is -0.862 e. The molecule has 1 N–H and O–H groups in total. The molecule has 1 aromatic rings. The molecule has 11 nitrogen and oxygen atoms in total. The van der Waals surface area contributed by atoms with Crippen molar-refractivity contribution in [1.82, 2.24) is 4.98 Å². The lowest BCUT2D eigenvalue weighted by atomic mass is 10.1. The Morgan fingerprint density at radius 2 is 1.07 bits per heavy atom. The Hall–Kier alpha value is -3.39. The van der Waals surface area contributed by atoms with E-state index in [4.69, 9.17) is 18.5 Å². The van der Waals surface area contributed by atoms with Crippen molar-refractivity contribution in [2.24, 2.45) is 4.99 Å². The average Bonchev–Trinajstić information content (AvgIpc) is 3.38. The van der Waals surface area contributed by atoms with Gasteiger partial charge in [0.2, 0.25) is 0 Å². The summed E-state index contributed by atoms with van der Waals surface area (Å²) in [6, 6.07) is 5.60. The molecule has 1 heterocycles. The number of hydrogen-bond donors (Lipinski definition) is 1. The lowest BCUT2D eigenvalue weighted by Crippen LogP contribution is -2.29. The molecule has 0 radical (unpaired) electrons. The van der Waals surface area contributed by atoms with Crippen LogP contribution in [0.15, 0.2) is 34.4 Å². The molecule has 0 amide bonds. The zero-order valence-electron chi connectivity index (χ0n) is 45.0. The molecule has 0 aromatic carbocycles. The highest BCUT2D eigenvalue weighted by atomic mass is 33.1. The lowest BCUT2D eigenvalue weighted by molar-refractivity contribution is -0.218. The van der Waals surface area contributed by atoms with Gasteiger partial charge in [0.25, 0.3) is 0 Å². The standard InChI is InChI=1S/C59H93N2O9PS2/c1-3-5-7-9-11-13-15-17-19-21-23-25-27-29-31-33-35-37-39-41-46-58(63)67-53-55(54-69-71(65,66)68-51-50-60-56(62)48-52-72-73-57-45-43-44-49-61-57)70-59(64)47-42-40-38-36-34-32-30-28-26-24-22-20-18-16-14-12-10-8-6-4-2/h43-45,49,55H,3-20,29-42,46-48,50-54H2,1-2H3,(H,60,62)(H,65,66)/p-1/t55-/m1/s1. The SMILES string of the molecule is CCCCCCCCCCC#CC#CCCCCCCCCC(=O)OC[C@H](COP(=O)(O)OCCN=C([O-])CCSSc1ccccn1)OC(=O)CCCCCCCCC#CC#CCCCCCCCCCC. The lowest BCUT2D eigenvalue weighted by Gasteiger charge is -2.20. The summed E-state index contributed by atoms with van der Waals surface area (Å²) in [5.74, 6) is 23.8. The quantitative estimate of drug-likeness (QED) is 0.0126. The molecule has 0 fully saturated rings. The maximum Gasteiger partial charge on any atom is 0.472 e. The van der Waals surface area contributed by atoms with Crippen LogP contribution in [-0.2, 0) is 32.7 Å². The molecule has 410 valence electrons.